The van der Waals surface area contributed by atoms with Crippen molar-refractivity contribution in [3.8, 4) is 5.75 Å². The fourth-order valence-corrected chi connectivity index (χ4v) is 3.36. The lowest BCUT2D eigenvalue weighted by atomic mass is 9.84. The maximum absolute atomic E-state index is 12.8. The lowest BCUT2D eigenvalue weighted by molar-refractivity contribution is 0.0234. The Labute approximate surface area is 120 Å². The second kappa shape index (κ2) is 5.57. The lowest BCUT2D eigenvalue weighted by Gasteiger charge is -2.27. The number of ether oxygens (including phenoxy) is 1. The van der Waals surface area contributed by atoms with E-state index in [1.807, 2.05) is 12.1 Å². The summed E-state index contributed by atoms with van der Waals surface area (Å²) in [6.07, 6.45) is 7.18. The lowest BCUT2D eigenvalue weighted by Crippen LogP contribution is -2.38. The van der Waals surface area contributed by atoms with Gasteiger partial charge in [-0.3, -0.25) is 4.79 Å². The molecule has 1 heterocycles. The number of hydrogen-bond acceptors (Lipinski definition) is 3. The van der Waals surface area contributed by atoms with Gasteiger partial charge in [0.25, 0.3) is 0 Å². The summed E-state index contributed by atoms with van der Waals surface area (Å²) in [7, 11) is 0. The Hall–Kier alpha value is -1.35. The molecule has 1 N–H and O–H groups in total. The number of rotatable bonds is 2. The number of Topliss-reactive ketones (excluding diaryl/α,β-unsaturated/α-hetero) is 1. The molecule has 3 heteroatoms. The zero-order valence-electron chi connectivity index (χ0n) is 11.9. The van der Waals surface area contributed by atoms with Gasteiger partial charge in [-0.2, -0.15) is 0 Å². The summed E-state index contributed by atoms with van der Waals surface area (Å²) < 4.78 is 5.71. The number of benzene rings is 1. The number of aryl methyl sites for hydroxylation is 1. The van der Waals surface area contributed by atoms with Crippen molar-refractivity contribution in [1.82, 2.24) is 0 Å². The number of hydrogen-bond donors (Lipinski definition) is 1. The molecule has 0 bridgehead atoms. The maximum atomic E-state index is 12.8. The zero-order chi connectivity index (χ0) is 14.0. The van der Waals surface area contributed by atoms with Gasteiger partial charge in [0, 0.05) is 0 Å². The summed E-state index contributed by atoms with van der Waals surface area (Å²) in [4.78, 5) is 12.8. The van der Waals surface area contributed by atoms with E-state index in [0.29, 0.717) is 30.8 Å². The van der Waals surface area contributed by atoms with Crippen molar-refractivity contribution in [2.75, 3.05) is 6.61 Å². The number of fused-ring (bicyclic) bond motifs is 1. The molecule has 0 radical (unpaired) electrons. The van der Waals surface area contributed by atoms with Crippen LogP contribution < -0.4 is 4.74 Å². The SMILES string of the molecule is O=C(c1cccc2c1OCCC2)C1(O)CCCCCC1. The Morgan fingerprint density at radius 3 is 2.60 bits per heavy atom. The van der Waals surface area contributed by atoms with E-state index in [-0.39, 0.29) is 5.78 Å². The van der Waals surface area contributed by atoms with Crippen molar-refractivity contribution in [3.63, 3.8) is 0 Å². The quantitative estimate of drug-likeness (QED) is 0.665. The summed E-state index contributed by atoms with van der Waals surface area (Å²) in [6.45, 7) is 0.662. The fourth-order valence-electron chi connectivity index (χ4n) is 3.36. The van der Waals surface area contributed by atoms with Crippen LogP contribution in [0.15, 0.2) is 18.2 Å². The summed E-state index contributed by atoms with van der Waals surface area (Å²) in [5, 5.41) is 10.8. The van der Waals surface area contributed by atoms with E-state index in [2.05, 4.69) is 0 Å². The Balaban J connectivity index is 1.93. The van der Waals surface area contributed by atoms with Gasteiger partial charge in [0.15, 0.2) is 5.78 Å². The molecule has 0 spiro atoms. The van der Waals surface area contributed by atoms with E-state index < -0.39 is 5.60 Å². The van der Waals surface area contributed by atoms with Crippen LogP contribution in [-0.4, -0.2) is 23.1 Å². The normalized spacial score (nSPS) is 21.4. The van der Waals surface area contributed by atoms with Gasteiger partial charge in [-0.05, 0) is 37.3 Å². The van der Waals surface area contributed by atoms with Gasteiger partial charge in [-0.15, -0.1) is 0 Å². The average Bonchev–Trinajstić information content (AvgIpc) is 2.72. The van der Waals surface area contributed by atoms with Crippen LogP contribution >= 0.6 is 0 Å². The fraction of sp³-hybridized carbons (Fsp3) is 0.588. The second-order valence-electron chi connectivity index (χ2n) is 6.02. The van der Waals surface area contributed by atoms with Crippen molar-refractivity contribution in [2.24, 2.45) is 0 Å². The van der Waals surface area contributed by atoms with Crippen LogP contribution in [0.4, 0.5) is 0 Å². The van der Waals surface area contributed by atoms with Crippen LogP contribution in [0.5, 0.6) is 5.75 Å². The summed E-state index contributed by atoms with van der Waals surface area (Å²) in [5.41, 5.74) is 0.484. The van der Waals surface area contributed by atoms with Gasteiger partial charge >= 0.3 is 0 Å². The van der Waals surface area contributed by atoms with Crippen LogP contribution in [0.25, 0.3) is 0 Å². The summed E-state index contributed by atoms with van der Waals surface area (Å²) in [6, 6.07) is 5.72. The van der Waals surface area contributed by atoms with Crippen molar-refractivity contribution in [2.45, 2.75) is 57.0 Å². The molecule has 2 aliphatic rings. The third kappa shape index (κ3) is 2.47. The maximum Gasteiger partial charge on any atom is 0.198 e. The molecular weight excluding hydrogens is 252 g/mol. The first-order chi connectivity index (χ1) is 9.71. The smallest absolute Gasteiger partial charge is 0.198 e. The largest absolute Gasteiger partial charge is 0.493 e. The Morgan fingerprint density at radius 2 is 1.85 bits per heavy atom. The molecule has 108 valence electrons. The minimum Gasteiger partial charge on any atom is -0.493 e. The van der Waals surface area contributed by atoms with Crippen LogP contribution in [-0.2, 0) is 6.42 Å². The van der Waals surface area contributed by atoms with E-state index >= 15 is 0 Å². The first-order valence-electron chi connectivity index (χ1n) is 7.73. The van der Waals surface area contributed by atoms with Crippen LogP contribution in [0.2, 0.25) is 0 Å². The molecule has 1 aliphatic heterocycles. The van der Waals surface area contributed by atoms with Crippen molar-refractivity contribution in [3.05, 3.63) is 29.3 Å². The van der Waals surface area contributed by atoms with Crippen LogP contribution in [0.1, 0.15) is 60.9 Å². The number of para-hydroxylation sites is 1. The Kier molecular flexibility index (Phi) is 3.79. The van der Waals surface area contributed by atoms with Crippen LogP contribution in [0.3, 0.4) is 0 Å². The molecular formula is C17H22O3. The molecule has 1 saturated carbocycles. The van der Waals surface area contributed by atoms with Crippen molar-refractivity contribution in [1.29, 1.82) is 0 Å². The third-order valence-corrected chi connectivity index (χ3v) is 4.53. The molecule has 0 atom stereocenters. The summed E-state index contributed by atoms with van der Waals surface area (Å²) >= 11 is 0. The third-order valence-electron chi connectivity index (χ3n) is 4.53. The molecule has 1 aromatic rings. The Bertz CT molecular complexity index is 499. The van der Waals surface area contributed by atoms with Gasteiger partial charge in [0.05, 0.1) is 12.2 Å². The first-order valence-corrected chi connectivity index (χ1v) is 7.73. The number of ketones is 1. The molecule has 0 saturated heterocycles. The standard InChI is InChI=1S/C17H22O3/c18-16(17(19)10-3-1-2-4-11-17)14-9-5-7-13-8-6-12-20-15(13)14/h5,7,9,19H,1-4,6,8,10-12H2. The highest BCUT2D eigenvalue weighted by atomic mass is 16.5. The van der Waals surface area contributed by atoms with Gasteiger partial charge in [-0.1, -0.05) is 37.8 Å². The molecule has 3 nitrogen and oxygen atoms in total. The molecule has 3 rings (SSSR count). The molecule has 1 fully saturated rings. The number of carbonyl (C=O) groups is 1. The van der Waals surface area contributed by atoms with Gasteiger partial charge in [0.2, 0.25) is 0 Å². The average molecular weight is 274 g/mol. The van der Waals surface area contributed by atoms with Crippen molar-refractivity contribution >= 4 is 5.78 Å². The second-order valence-corrected chi connectivity index (χ2v) is 6.02. The predicted octanol–water partition coefficient (Wildman–Crippen LogP) is 3.28. The van der Waals surface area contributed by atoms with Gasteiger partial charge in [-0.25, -0.2) is 0 Å². The minimum atomic E-state index is -1.19. The molecule has 1 aromatic carbocycles. The molecule has 0 amide bonds. The predicted molar refractivity (Wildman–Crippen MR) is 77.2 cm³/mol. The van der Waals surface area contributed by atoms with Crippen molar-refractivity contribution < 1.29 is 14.6 Å². The highest BCUT2D eigenvalue weighted by molar-refractivity contribution is 6.04. The minimum absolute atomic E-state index is 0.141. The molecule has 0 unspecified atom stereocenters. The van der Waals surface area contributed by atoms with E-state index in [0.717, 1.165) is 44.1 Å². The highest BCUT2D eigenvalue weighted by Gasteiger charge is 2.38. The molecule has 1 aliphatic carbocycles. The molecule has 20 heavy (non-hydrogen) atoms. The highest BCUT2D eigenvalue weighted by Crippen LogP contribution is 2.35. The van der Waals surface area contributed by atoms with Crippen LogP contribution in [0, 0.1) is 0 Å². The van der Waals surface area contributed by atoms with E-state index in [4.69, 9.17) is 4.74 Å². The van der Waals surface area contributed by atoms with E-state index in [1.54, 1.807) is 6.07 Å². The number of aliphatic hydroxyl groups is 1. The van der Waals surface area contributed by atoms with Gasteiger partial charge in [0.1, 0.15) is 11.4 Å². The molecule has 0 aromatic heterocycles. The zero-order valence-corrected chi connectivity index (χ0v) is 11.9. The summed E-state index contributed by atoms with van der Waals surface area (Å²) in [5.74, 6) is 0.569. The van der Waals surface area contributed by atoms with E-state index in [1.165, 1.54) is 0 Å². The van der Waals surface area contributed by atoms with E-state index in [9.17, 15) is 9.90 Å². The Morgan fingerprint density at radius 1 is 1.10 bits per heavy atom. The van der Waals surface area contributed by atoms with Gasteiger partial charge < -0.3 is 9.84 Å². The topological polar surface area (TPSA) is 46.5 Å². The first kappa shape index (κ1) is 13.6. The number of carbonyl (C=O) groups excluding carboxylic acids is 1. The monoisotopic (exact) mass is 274 g/mol.